The van der Waals surface area contributed by atoms with Gasteiger partial charge >= 0.3 is 0 Å². The van der Waals surface area contributed by atoms with E-state index in [1.807, 2.05) is 0 Å². The second-order valence-electron chi connectivity index (χ2n) is 6.10. The Balaban J connectivity index is 2.66. The Labute approximate surface area is 186 Å². The lowest BCUT2D eigenvalue weighted by Gasteiger charge is -2.34. The highest BCUT2D eigenvalue weighted by Gasteiger charge is 2.52. The Kier molecular flexibility index (Phi) is 5.98. The fourth-order valence-electron chi connectivity index (χ4n) is 3.21. The Bertz CT molecular complexity index is 1140. The minimum atomic E-state index is -5.11. The summed E-state index contributed by atoms with van der Waals surface area (Å²) in [6, 6.07) is 11.6. The molecule has 0 aliphatic carbocycles. The van der Waals surface area contributed by atoms with Crippen molar-refractivity contribution in [3.63, 3.8) is 0 Å². The van der Waals surface area contributed by atoms with Gasteiger partial charge in [0.2, 0.25) is 0 Å². The van der Waals surface area contributed by atoms with E-state index in [9.17, 15) is 23.2 Å². The van der Waals surface area contributed by atoms with Crippen LogP contribution in [0.3, 0.4) is 0 Å². The van der Waals surface area contributed by atoms with Crippen molar-refractivity contribution < 1.29 is 23.2 Å². The van der Waals surface area contributed by atoms with Gasteiger partial charge in [-0.1, -0.05) is 70.7 Å². The van der Waals surface area contributed by atoms with Crippen molar-refractivity contribution in [2.45, 2.75) is 4.75 Å². The summed E-state index contributed by atoms with van der Waals surface area (Å²) < 4.78 is 34.0. The molecule has 3 rings (SSSR count). The number of aromatic hydroxyl groups is 2. The lowest BCUT2D eigenvalue weighted by Crippen LogP contribution is -2.39. The molecule has 0 amide bonds. The molecule has 3 N–H and O–H groups in total. The highest BCUT2D eigenvalue weighted by Crippen LogP contribution is 2.52. The topological polar surface area (TPSA) is 94.8 Å². The van der Waals surface area contributed by atoms with E-state index in [-0.39, 0.29) is 48.3 Å². The molecule has 152 valence electrons. The van der Waals surface area contributed by atoms with Crippen LogP contribution in [0.5, 0.6) is 11.5 Å². The average Bonchev–Trinajstić information content (AvgIpc) is 2.62. The van der Waals surface area contributed by atoms with E-state index in [1.54, 1.807) is 0 Å². The van der Waals surface area contributed by atoms with Gasteiger partial charge in [-0.3, -0.25) is 4.55 Å². The van der Waals surface area contributed by atoms with E-state index in [0.717, 1.165) is 12.1 Å². The van der Waals surface area contributed by atoms with Gasteiger partial charge in [-0.05, 0) is 41.5 Å². The van der Waals surface area contributed by atoms with Gasteiger partial charge < -0.3 is 10.2 Å². The smallest absolute Gasteiger partial charge is 0.283 e. The van der Waals surface area contributed by atoms with Crippen LogP contribution in [0.15, 0.2) is 54.6 Å². The van der Waals surface area contributed by atoms with E-state index in [1.165, 1.54) is 42.5 Å². The van der Waals surface area contributed by atoms with Crippen LogP contribution in [0.25, 0.3) is 0 Å². The zero-order valence-electron chi connectivity index (χ0n) is 14.3. The molecule has 0 unspecified atom stereocenters. The largest absolute Gasteiger partial charge is 0.508 e. The summed E-state index contributed by atoms with van der Waals surface area (Å²) in [5.74, 6) is -0.563. The third-order valence-electron chi connectivity index (χ3n) is 4.36. The molecule has 0 heterocycles. The van der Waals surface area contributed by atoms with Crippen molar-refractivity contribution in [1.29, 1.82) is 0 Å². The molecule has 10 heteroatoms. The summed E-state index contributed by atoms with van der Waals surface area (Å²) in [4.78, 5) is 0. The Morgan fingerprint density at radius 1 is 0.724 bits per heavy atom. The maximum Gasteiger partial charge on any atom is 0.283 e. The van der Waals surface area contributed by atoms with Crippen molar-refractivity contribution in [3.05, 3.63) is 91.4 Å². The zero-order valence-corrected chi connectivity index (χ0v) is 18.1. The van der Waals surface area contributed by atoms with E-state index in [2.05, 4.69) is 0 Å². The minimum absolute atomic E-state index is 0.104. The minimum Gasteiger partial charge on any atom is -0.508 e. The van der Waals surface area contributed by atoms with Gasteiger partial charge in [-0.15, -0.1) is 0 Å². The van der Waals surface area contributed by atoms with Gasteiger partial charge in [0.15, 0.2) is 4.75 Å². The van der Waals surface area contributed by atoms with Crippen molar-refractivity contribution >= 4 is 56.5 Å². The second-order valence-corrected chi connectivity index (χ2v) is 9.23. The van der Waals surface area contributed by atoms with Crippen LogP contribution >= 0.6 is 46.4 Å². The van der Waals surface area contributed by atoms with Crippen LogP contribution in [-0.4, -0.2) is 23.2 Å². The molecule has 3 aromatic carbocycles. The molecule has 0 saturated carbocycles. The van der Waals surface area contributed by atoms with Crippen LogP contribution in [-0.2, 0) is 14.9 Å². The first-order chi connectivity index (χ1) is 13.5. The average molecular weight is 494 g/mol. The van der Waals surface area contributed by atoms with E-state index in [0.29, 0.717) is 0 Å². The number of hydrogen-bond acceptors (Lipinski definition) is 4. The lowest BCUT2D eigenvalue weighted by molar-refractivity contribution is 0.455. The first-order valence-corrected chi connectivity index (χ1v) is 10.8. The molecule has 0 saturated heterocycles. The molecule has 0 spiro atoms. The Morgan fingerprint density at radius 2 is 1.14 bits per heavy atom. The normalized spacial score (nSPS) is 12.2. The molecule has 0 aromatic heterocycles. The van der Waals surface area contributed by atoms with Gasteiger partial charge in [-0.25, -0.2) is 0 Å². The molecule has 0 fully saturated rings. The summed E-state index contributed by atoms with van der Waals surface area (Å²) in [5.41, 5.74) is -0.530. The van der Waals surface area contributed by atoms with E-state index in [4.69, 9.17) is 46.4 Å². The molecule has 29 heavy (non-hydrogen) atoms. The Morgan fingerprint density at radius 3 is 1.48 bits per heavy atom. The van der Waals surface area contributed by atoms with Crippen molar-refractivity contribution in [3.8, 4) is 11.5 Å². The van der Waals surface area contributed by atoms with Crippen LogP contribution in [0.2, 0.25) is 20.1 Å². The van der Waals surface area contributed by atoms with E-state index < -0.39 is 14.9 Å². The standard InChI is InChI=1S/C19H12Cl4O5S/c20-14-9-15(21)18(23)16(17(14)22)19(29(26,27)28,10-3-1-5-12(24)7-10)11-4-2-6-13(25)8-11/h1-9,24-25H,(H,26,27,28). The van der Waals surface area contributed by atoms with Crippen LogP contribution in [0.1, 0.15) is 16.7 Å². The summed E-state index contributed by atoms with van der Waals surface area (Å²) in [6.45, 7) is 0. The van der Waals surface area contributed by atoms with E-state index >= 15 is 0 Å². The number of benzene rings is 3. The molecule has 0 aliphatic heterocycles. The maximum atomic E-state index is 13.0. The third kappa shape index (κ3) is 3.65. The molecule has 0 atom stereocenters. The maximum absolute atomic E-state index is 13.0. The van der Waals surface area contributed by atoms with Gasteiger partial charge in [0.25, 0.3) is 10.1 Å². The lowest BCUT2D eigenvalue weighted by atomic mass is 9.83. The quantitative estimate of drug-likeness (QED) is 0.239. The third-order valence-corrected chi connectivity index (χ3v) is 7.38. The number of rotatable bonds is 4. The zero-order chi connectivity index (χ0) is 21.6. The molecular formula is C19H12Cl4O5S. The first kappa shape index (κ1) is 22.0. The number of phenolic OH excluding ortho intramolecular Hbond substituents is 2. The fourth-order valence-corrected chi connectivity index (χ4v) is 5.73. The van der Waals surface area contributed by atoms with Gasteiger partial charge in [-0.2, -0.15) is 8.42 Å². The van der Waals surface area contributed by atoms with Gasteiger partial charge in [0.1, 0.15) is 11.5 Å². The second kappa shape index (κ2) is 7.87. The number of halogens is 4. The molecule has 0 bridgehead atoms. The number of phenols is 2. The molecule has 0 aliphatic rings. The van der Waals surface area contributed by atoms with Crippen molar-refractivity contribution in [1.82, 2.24) is 0 Å². The van der Waals surface area contributed by atoms with Gasteiger partial charge in [0.05, 0.1) is 20.1 Å². The summed E-state index contributed by atoms with van der Waals surface area (Å²) in [7, 11) is -5.11. The Hall–Kier alpha value is -1.67. The predicted molar refractivity (Wildman–Crippen MR) is 114 cm³/mol. The van der Waals surface area contributed by atoms with Gasteiger partial charge in [0, 0.05) is 5.56 Å². The highest BCUT2D eigenvalue weighted by atomic mass is 35.5. The van der Waals surface area contributed by atoms with Crippen molar-refractivity contribution in [2.75, 3.05) is 0 Å². The molecular weight excluding hydrogens is 482 g/mol. The van der Waals surface area contributed by atoms with Crippen molar-refractivity contribution in [2.24, 2.45) is 0 Å². The fraction of sp³-hybridized carbons (Fsp3) is 0.0526. The first-order valence-electron chi connectivity index (χ1n) is 7.89. The predicted octanol–water partition coefficient (Wildman–Crippen LogP) is 5.89. The molecule has 5 nitrogen and oxygen atoms in total. The van der Waals surface area contributed by atoms with Crippen LogP contribution in [0.4, 0.5) is 0 Å². The van der Waals surface area contributed by atoms with Crippen LogP contribution in [0, 0.1) is 0 Å². The summed E-state index contributed by atoms with van der Waals surface area (Å²) in [5, 5.41) is 19.2. The SMILES string of the molecule is O=S(=O)(O)C(c1cccc(O)c1)(c1cccc(O)c1)c1c(Cl)c(Cl)cc(Cl)c1Cl. The monoisotopic (exact) mass is 492 g/mol. The molecule has 0 radical (unpaired) electrons. The van der Waals surface area contributed by atoms with Crippen LogP contribution < -0.4 is 0 Å². The number of hydrogen-bond donors (Lipinski definition) is 3. The summed E-state index contributed by atoms with van der Waals surface area (Å²) >= 11 is 25.0. The molecule has 3 aromatic rings. The summed E-state index contributed by atoms with van der Waals surface area (Å²) in [6.07, 6.45) is 0. The highest BCUT2D eigenvalue weighted by molar-refractivity contribution is 7.87.